The molecule has 0 spiro atoms. The average Bonchev–Trinajstić information content (AvgIpc) is 2.83. The van der Waals surface area contributed by atoms with E-state index in [-0.39, 0.29) is 11.9 Å². The van der Waals surface area contributed by atoms with Crippen LogP contribution in [0.3, 0.4) is 0 Å². The van der Waals surface area contributed by atoms with Crippen LogP contribution in [0.5, 0.6) is 0 Å². The van der Waals surface area contributed by atoms with Crippen molar-refractivity contribution in [1.29, 1.82) is 0 Å². The lowest BCUT2D eigenvalue weighted by molar-refractivity contribution is -0.123. The first kappa shape index (κ1) is 13.8. The van der Waals surface area contributed by atoms with Gasteiger partial charge in [0.05, 0.1) is 18.2 Å². The summed E-state index contributed by atoms with van der Waals surface area (Å²) in [5, 5.41) is 25.1. The van der Waals surface area contributed by atoms with E-state index in [2.05, 4.69) is 10.6 Å². The van der Waals surface area contributed by atoms with Gasteiger partial charge in [0, 0.05) is 13.1 Å². The van der Waals surface area contributed by atoms with E-state index in [1.807, 2.05) is 0 Å². The molecule has 0 aromatic carbocycles. The van der Waals surface area contributed by atoms with Gasteiger partial charge < -0.3 is 20.8 Å². The largest absolute Gasteiger partial charge is 0.392 e. The van der Waals surface area contributed by atoms with Gasteiger partial charge in [-0.3, -0.25) is 4.79 Å². The van der Waals surface area contributed by atoms with E-state index in [1.54, 1.807) is 0 Å². The Bertz CT molecular complexity index is 279. The van der Waals surface area contributed by atoms with Gasteiger partial charge in [-0.2, -0.15) is 0 Å². The second-order valence-corrected chi connectivity index (χ2v) is 5.56. The van der Waals surface area contributed by atoms with Crippen LogP contribution >= 0.6 is 0 Å². The highest BCUT2D eigenvalue weighted by atomic mass is 16.3. The zero-order valence-corrected chi connectivity index (χ0v) is 10.8. The van der Waals surface area contributed by atoms with Crippen molar-refractivity contribution in [3.8, 4) is 0 Å². The van der Waals surface area contributed by atoms with Crippen LogP contribution in [0.2, 0.25) is 0 Å². The van der Waals surface area contributed by atoms with Gasteiger partial charge in [0.2, 0.25) is 5.91 Å². The molecular weight excluding hydrogens is 232 g/mol. The molecule has 4 N–H and O–H groups in total. The highest BCUT2D eigenvalue weighted by molar-refractivity contribution is 5.82. The van der Waals surface area contributed by atoms with Crippen molar-refractivity contribution in [3.63, 3.8) is 0 Å². The molecule has 0 aromatic heterocycles. The van der Waals surface area contributed by atoms with Crippen LogP contribution in [-0.2, 0) is 4.79 Å². The van der Waals surface area contributed by atoms with Crippen molar-refractivity contribution < 1.29 is 15.0 Å². The Kier molecular flexibility index (Phi) is 4.97. The third kappa shape index (κ3) is 3.67. The Hall–Kier alpha value is -0.650. The molecule has 2 rings (SSSR count). The van der Waals surface area contributed by atoms with Gasteiger partial charge in [-0.15, -0.1) is 0 Å². The summed E-state index contributed by atoms with van der Waals surface area (Å²) >= 11 is 0. The number of amides is 1. The number of aliphatic hydroxyl groups excluding tert-OH is 2. The second kappa shape index (κ2) is 6.50. The predicted octanol–water partition coefficient (Wildman–Crippen LogP) is -0.233. The first-order valence-corrected chi connectivity index (χ1v) is 7.04. The Morgan fingerprint density at radius 2 is 2.06 bits per heavy atom. The van der Waals surface area contributed by atoms with Crippen LogP contribution in [0, 0.1) is 5.92 Å². The maximum Gasteiger partial charge on any atom is 0.237 e. The summed E-state index contributed by atoms with van der Waals surface area (Å²) in [4.78, 5) is 11.8. The summed E-state index contributed by atoms with van der Waals surface area (Å²) in [6.45, 7) is 0.807. The van der Waals surface area contributed by atoms with Crippen molar-refractivity contribution >= 4 is 5.91 Å². The summed E-state index contributed by atoms with van der Waals surface area (Å²) in [5.74, 6) is 0.225. The minimum absolute atomic E-state index is 0.110. The average molecular weight is 256 g/mol. The standard InChI is InChI=1S/C13H24N2O3/c16-10-6-11(14-7-10)13(18)15-8-12(17)9-4-2-1-3-5-9/h9-12,14,16-17H,1-8H2,(H,15,18)/t10-,11-,12+/m1/s1. The van der Waals surface area contributed by atoms with Crippen LogP contribution in [0.15, 0.2) is 0 Å². The number of carbonyl (C=O) groups excluding carboxylic acids is 1. The monoisotopic (exact) mass is 256 g/mol. The van der Waals surface area contributed by atoms with Gasteiger partial charge >= 0.3 is 0 Å². The van der Waals surface area contributed by atoms with E-state index in [1.165, 1.54) is 19.3 Å². The van der Waals surface area contributed by atoms with Crippen molar-refractivity contribution in [2.24, 2.45) is 5.92 Å². The fraction of sp³-hybridized carbons (Fsp3) is 0.923. The molecule has 0 unspecified atom stereocenters. The number of carbonyl (C=O) groups is 1. The first-order chi connectivity index (χ1) is 8.66. The number of β-amino-alcohol motifs (C(OH)–C–C–N with tert-alkyl or cyclic N) is 1. The normalized spacial score (nSPS) is 31.2. The van der Waals surface area contributed by atoms with Crippen LogP contribution in [-0.4, -0.2) is 47.5 Å². The number of rotatable bonds is 4. The maximum absolute atomic E-state index is 11.8. The topological polar surface area (TPSA) is 81.6 Å². The van der Waals surface area contributed by atoms with E-state index in [0.29, 0.717) is 25.4 Å². The summed E-state index contributed by atoms with van der Waals surface area (Å²) in [6, 6.07) is -0.307. The zero-order chi connectivity index (χ0) is 13.0. The molecule has 0 aromatic rings. The molecule has 2 fully saturated rings. The summed E-state index contributed by atoms with van der Waals surface area (Å²) in [6.07, 6.45) is 5.38. The van der Waals surface area contributed by atoms with E-state index < -0.39 is 12.2 Å². The smallest absolute Gasteiger partial charge is 0.237 e. The molecule has 104 valence electrons. The molecule has 5 nitrogen and oxygen atoms in total. The molecule has 1 aliphatic heterocycles. The van der Waals surface area contributed by atoms with Gasteiger partial charge in [-0.25, -0.2) is 0 Å². The molecule has 0 radical (unpaired) electrons. The molecule has 5 heteroatoms. The molecule has 1 amide bonds. The number of nitrogens with one attached hydrogen (secondary N) is 2. The molecule has 1 saturated carbocycles. The van der Waals surface area contributed by atoms with Gasteiger partial charge in [0.1, 0.15) is 0 Å². The molecule has 2 aliphatic rings. The number of aliphatic hydroxyl groups is 2. The lowest BCUT2D eigenvalue weighted by Gasteiger charge is -2.27. The van der Waals surface area contributed by atoms with Crippen molar-refractivity contribution in [1.82, 2.24) is 10.6 Å². The Labute approximate surface area is 108 Å². The predicted molar refractivity (Wildman–Crippen MR) is 68.0 cm³/mol. The minimum atomic E-state index is -0.430. The highest BCUT2D eigenvalue weighted by Gasteiger charge is 2.29. The third-order valence-electron chi connectivity index (χ3n) is 4.10. The lowest BCUT2D eigenvalue weighted by Crippen LogP contribution is -2.44. The van der Waals surface area contributed by atoms with Gasteiger partial charge in [0.15, 0.2) is 0 Å². The fourth-order valence-electron chi connectivity index (χ4n) is 2.93. The Balaban J connectivity index is 1.68. The quantitative estimate of drug-likeness (QED) is 0.560. The van der Waals surface area contributed by atoms with Gasteiger partial charge in [0.25, 0.3) is 0 Å². The first-order valence-electron chi connectivity index (χ1n) is 7.04. The maximum atomic E-state index is 11.8. The van der Waals surface area contributed by atoms with E-state index >= 15 is 0 Å². The molecule has 3 atom stereocenters. The fourth-order valence-corrected chi connectivity index (χ4v) is 2.93. The minimum Gasteiger partial charge on any atom is -0.392 e. The highest BCUT2D eigenvalue weighted by Crippen LogP contribution is 2.26. The Morgan fingerprint density at radius 3 is 2.67 bits per heavy atom. The third-order valence-corrected chi connectivity index (χ3v) is 4.10. The zero-order valence-electron chi connectivity index (χ0n) is 10.8. The summed E-state index contributed by atoms with van der Waals surface area (Å²) in [5.41, 5.74) is 0. The molecule has 0 bridgehead atoms. The van der Waals surface area contributed by atoms with Crippen LogP contribution in [0.1, 0.15) is 38.5 Å². The summed E-state index contributed by atoms with van der Waals surface area (Å²) in [7, 11) is 0. The Morgan fingerprint density at radius 1 is 1.33 bits per heavy atom. The van der Waals surface area contributed by atoms with Crippen molar-refractivity contribution in [2.45, 2.75) is 56.8 Å². The molecular formula is C13H24N2O3. The van der Waals surface area contributed by atoms with Crippen molar-refractivity contribution in [3.05, 3.63) is 0 Å². The SMILES string of the molecule is O=C(NC[C@H](O)C1CCCCC1)[C@H]1C[C@@H](O)CN1. The van der Waals surface area contributed by atoms with Crippen molar-refractivity contribution in [2.75, 3.05) is 13.1 Å². The summed E-state index contributed by atoms with van der Waals surface area (Å²) < 4.78 is 0. The van der Waals surface area contributed by atoms with Crippen LogP contribution < -0.4 is 10.6 Å². The molecule has 1 aliphatic carbocycles. The van der Waals surface area contributed by atoms with E-state index in [9.17, 15) is 15.0 Å². The van der Waals surface area contributed by atoms with E-state index in [4.69, 9.17) is 0 Å². The number of hydrogen-bond acceptors (Lipinski definition) is 4. The van der Waals surface area contributed by atoms with E-state index in [0.717, 1.165) is 12.8 Å². The number of hydrogen-bond donors (Lipinski definition) is 4. The molecule has 1 saturated heterocycles. The van der Waals surface area contributed by atoms with Gasteiger partial charge in [-0.1, -0.05) is 19.3 Å². The second-order valence-electron chi connectivity index (χ2n) is 5.56. The lowest BCUT2D eigenvalue weighted by atomic mass is 9.85. The molecule has 18 heavy (non-hydrogen) atoms. The van der Waals surface area contributed by atoms with Gasteiger partial charge in [-0.05, 0) is 25.2 Å². The molecule has 1 heterocycles. The van der Waals surface area contributed by atoms with Crippen LogP contribution in [0.25, 0.3) is 0 Å². The van der Waals surface area contributed by atoms with Crippen LogP contribution in [0.4, 0.5) is 0 Å².